The van der Waals surface area contributed by atoms with Gasteiger partial charge in [0.05, 0.1) is 0 Å². The standard InChI is InChI=1S/C18H18N2O4/c21-16(13-7-3-1-4-8-13)19-12-11-15(18(23)24)20-17(22)14-9-5-2-6-10-14/h1-10,15H,11-12H2,(H,19,21)(H,20,22)(H,23,24)/t15-/m0/s1. The van der Waals surface area contributed by atoms with Gasteiger partial charge in [-0.2, -0.15) is 0 Å². The van der Waals surface area contributed by atoms with E-state index < -0.39 is 17.9 Å². The highest BCUT2D eigenvalue weighted by Gasteiger charge is 2.20. The lowest BCUT2D eigenvalue weighted by atomic mass is 10.1. The third kappa shape index (κ3) is 4.95. The first-order valence-corrected chi connectivity index (χ1v) is 7.50. The number of benzene rings is 2. The second-order valence-corrected chi connectivity index (χ2v) is 5.14. The number of aliphatic carboxylic acids is 1. The van der Waals surface area contributed by atoms with Gasteiger partial charge in [-0.3, -0.25) is 9.59 Å². The zero-order valence-electron chi connectivity index (χ0n) is 12.9. The molecule has 124 valence electrons. The van der Waals surface area contributed by atoms with Crippen LogP contribution >= 0.6 is 0 Å². The maximum absolute atomic E-state index is 12.0. The Kier molecular flexibility index (Phi) is 6.08. The van der Waals surface area contributed by atoms with E-state index in [4.69, 9.17) is 0 Å². The highest BCUT2D eigenvalue weighted by atomic mass is 16.4. The number of amides is 2. The van der Waals surface area contributed by atoms with Crippen molar-refractivity contribution in [2.45, 2.75) is 12.5 Å². The van der Waals surface area contributed by atoms with Crippen molar-refractivity contribution < 1.29 is 19.5 Å². The fourth-order valence-electron chi connectivity index (χ4n) is 2.11. The van der Waals surface area contributed by atoms with E-state index in [0.717, 1.165) is 0 Å². The van der Waals surface area contributed by atoms with Gasteiger partial charge in [0.1, 0.15) is 6.04 Å². The Balaban J connectivity index is 1.87. The van der Waals surface area contributed by atoms with E-state index in [2.05, 4.69) is 10.6 Å². The Hall–Kier alpha value is -3.15. The summed E-state index contributed by atoms with van der Waals surface area (Å²) in [5.74, 6) is -1.89. The summed E-state index contributed by atoms with van der Waals surface area (Å²) >= 11 is 0. The van der Waals surface area contributed by atoms with Gasteiger partial charge in [0.15, 0.2) is 0 Å². The molecular formula is C18H18N2O4. The molecule has 0 fully saturated rings. The maximum atomic E-state index is 12.0. The number of carbonyl (C=O) groups excluding carboxylic acids is 2. The summed E-state index contributed by atoms with van der Waals surface area (Å²) < 4.78 is 0. The first-order chi connectivity index (χ1) is 11.6. The van der Waals surface area contributed by atoms with Crippen LogP contribution in [0.5, 0.6) is 0 Å². The number of rotatable bonds is 7. The molecule has 0 saturated heterocycles. The first-order valence-electron chi connectivity index (χ1n) is 7.50. The second-order valence-electron chi connectivity index (χ2n) is 5.14. The van der Waals surface area contributed by atoms with Crippen molar-refractivity contribution in [3.05, 3.63) is 71.8 Å². The summed E-state index contributed by atoms with van der Waals surface area (Å²) in [6.45, 7) is 0.139. The molecule has 0 bridgehead atoms. The van der Waals surface area contributed by atoms with Crippen LogP contribution in [0.25, 0.3) is 0 Å². The van der Waals surface area contributed by atoms with Crippen molar-refractivity contribution in [3.63, 3.8) is 0 Å². The molecule has 2 aromatic carbocycles. The van der Waals surface area contributed by atoms with Gasteiger partial charge in [0.25, 0.3) is 11.8 Å². The third-order valence-corrected chi connectivity index (χ3v) is 3.39. The molecule has 0 heterocycles. The molecule has 3 N–H and O–H groups in total. The topological polar surface area (TPSA) is 95.5 Å². The smallest absolute Gasteiger partial charge is 0.326 e. The molecule has 2 aromatic rings. The highest BCUT2D eigenvalue weighted by Crippen LogP contribution is 2.02. The van der Waals surface area contributed by atoms with Crippen molar-refractivity contribution in [1.82, 2.24) is 10.6 Å². The molecule has 2 amide bonds. The van der Waals surface area contributed by atoms with Crippen LogP contribution in [-0.2, 0) is 4.79 Å². The van der Waals surface area contributed by atoms with E-state index in [1.165, 1.54) is 0 Å². The Bertz CT molecular complexity index is 701. The lowest BCUT2D eigenvalue weighted by Crippen LogP contribution is -2.43. The van der Waals surface area contributed by atoms with Gasteiger partial charge in [0.2, 0.25) is 0 Å². The van der Waals surface area contributed by atoms with Gasteiger partial charge in [-0.1, -0.05) is 36.4 Å². The molecule has 0 radical (unpaired) electrons. The van der Waals surface area contributed by atoms with Gasteiger partial charge >= 0.3 is 5.97 Å². The summed E-state index contributed by atoms with van der Waals surface area (Å²) in [7, 11) is 0. The normalized spacial score (nSPS) is 11.3. The number of hydrogen-bond acceptors (Lipinski definition) is 3. The van der Waals surface area contributed by atoms with Crippen LogP contribution < -0.4 is 10.6 Å². The van der Waals surface area contributed by atoms with Gasteiger partial charge in [-0.25, -0.2) is 4.79 Å². The average molecular weight is 326 g/mol. The monoisotopic (exact) mass is 326 g/mol. The van der Waals surface area contributed by atoms with Crippen LogP contribution in [0.3, 0.4) is 0 Å². The molecule has 0 spiro atoms. The largest absolute Gasteiger partial charge is 0.480 e. The maximum Gasteiger partial charge on any atom is 0.326 e. The van der Waals surface area contributed by atoms with Gasteiger partial charge in [0, 0.05) is 17.7 Å². The summed E-state index contributed by atoms with van der Waals surface area (Å²) in [6, 6.07) is 15.9. The minimum Gasteiger partial charge on any atom is -0.480 e. The van der Waals surface area contributed by atoms with Crippen LogP contribution in [0, 0.1) is 0 Å². The number of carbonyl (C=O) groups is 3. The van der Waals surface area contributed by atoms with Crippen LogP contribution in [0.15, 0.2) is 60.7 Å². The molecule has 0 aliphatic heterocycles. The Morgan fingerprint density at radius 1 is 0.833 bits per heavy atom. The summed E-state index contributed by atoms with van der Waals surface area (Å²) in [5.41, 5.74) is 0.884. The Labute approximate surface area is 139 Å². The van der Waals surface area contributed by atoms with Crippen LogP contribution in [0.2, 0.25) is 0 Å². The third-order valence-electron chi connectivity index (χ3n) is 3.39. The molecule has 2 rings (SSSR count). The highest BCUT2D eigenvalue weighted by molar-refractivity contribution is 5.96. The van der Waals surface area contributed by atoms with E-state index in [1.807, 2.05) is 0 Å². The van der Waals surface area contributed by atoms with Crippen LogP contribution in [-0.4, -0.2) is 35.5 Å². The number of nitrogens with one attached hydrogen (secondary N) is 2. The number of carboxylic acids is 1. The Morgan fingerprint density at radius 3 is 1.83 bits per heavy atom. The van der Waals surface area contributed by atoms with Gasteiger partial charge in [-0.05, 0) is 30.7 Å². The molecule has 1 atom stereocenters. The fourth-order valence-corrected chi connectivity index (χ4v) is 2.11. The Morgan fingerprint density at radius 2 is 1.33 bits per heavy atom. The van der Waals surface area contributed by atoms with E-state index >= 15 is 0 Å². The minimum atomic E-state index is -1.15. The fraction of sp³-hybridized carbons (Fsp3) is 0.167. The molecule has 0 aliphatic carbocycles. The molecule has 6 heteroatoms. The second kappa shape index (κ2) is 8.47. The van der Waals surface area contributed by atoms with Crippen molar-refractivity contribution in [3.8, 4) is 0 Å². The number of carboxylic acid groups (broad SMARTS) is 1. The SMILES string of the molecule is O=C(NCC[C@H](NC(=O)c1ccccc1)C(=O)O)c1ccccc1. The molecular weight excluding hydrogens is 308 g/mol. The molecule has 6 nitrogen and oxygen atoms in total. The number of hydrogen-bond donors (Lipinski definition) is 3. The van der Waals surface area contributed by atoms with E-state index in [0.29, 0.717) is 11.1 Å². The predicted molar refractivity (Wildman–Crippen MR) is 88.7 cm³/mol. The van der Waals surface area contributed by atoms with E-state index in [-0.39, 0.29) is 18.9 Å². The summed E-state index contributed by atoms with van der Waals surface area (Å²) in [6.07, 6.45) is 0.0898. The zero-order valence-corrected chi connectivity index (χ0v) is 12.9. The lowest BCUT2D eigenvalue weighted by Gasteiger charge is -2.15. The van der Waals surface area contributed by atoms with Gasteiger partial charge in [-0.15, -0.1) is 0 Å². The van der Waals surface area contributed by atoms with Gasteiger partial charge < -0.3 is 15.7 Å². The minimum absolute atomic E-state index is 0.0898. The first kappa shape index (κ1) is 17.2. The quantitative estimate of drug-likeness (QED) is 0.721. The molecule has 0 saturated carbocycles. The molecule has 0 aromatic heterocycles. The van der Waals surface area contributed by atoms with Crippen molar-refractivity contribution in [1.29, 1.82) is 0 Å². The molecule has 24 heavy (non-hydrogen) atoms. The summed E-state index contributed by atoms with van der Waals surface area (Å²) in [5, 5.41) is 14.3. The molecule has 0 aliphatic rings. The zero-order chi connectivity index (χ0) is 17.4. The van der Waals surface area contributed by atoms with Crippen molar-refractivity contribution in [2.75, 3.05) is 6.54 Å². The predicted octanol–water partition coefficient (Wildman–Crippen LogP) is 1.69. The van der Waals surface area contributed by atoms with Crippen molar-refractivity contribution in [2.24, 2.45) is 0 Å². The average Bonchev–Trinajstić information content (AvgIpc) is 2.62. The van der Waals surface area contributed by atoms with Crippen LogP contribution in [0.1, 0.15) is 27.1 Å². The summed E-state index contributed by atoms with van der Waals surface area (Å²) in [4.78, 5) is 35.2. The van der Waals surface area contributed by atoms with E-state index in [1.54, 1.807) is 60.7 Å². The van der Waals surface area contributed by atoms with E-state index in [9.17, 15) is 19.5 Å². The van der Waals surface area contributed by atoms with Crippen molar-refractivity contribution >= 4 is 17.8 Å². The molecule has 0 unspecified atom stereocenters. The van der Waals surface area contributed by atoms with Crippen LogP contribution in [0.4, 0.5) is 0 Å². The lowest BCUT2D eigenvalue weighted by molar-refractivity contribution is -0.139.